The minimum atomic E-state index is -4.95. The van der Waals surface area contributed by atoms with Crippen molar-refractivity contribution >= 4 is 10.9 Å². The second-order valence-corrected chi connectivity index (χ2v) is 7.74. The van der Waals surface area contributed by atoms with Crippen molar-refractivity contribution in [2.24, 2.45) is 0 Å². The number of ether oxygens (including phenoxy) is 1. The topological polar surface area (TPSA) is 25.0 Å². The Balaban J connectivity index is 1.69. The van der Waals surface area contributed by atoms with Crippen LogP contribution in [-0.4, -0.2) is 11.3 Å². The molecule has 1 heterocycles. The van der Waals surface area contributed by atoms with Gasteiger partial charge in [0.2, 0.25) is 0 Å². The third-order valence-corrected chi connectivity index (χ3v) is 5.23. The van der Waals surface area contributed by atoms with E-state index in [4.69, 9.17) is 0 Å². The molecule has 0 aliphatic carbocycles. The van der Waals surface area contributed by atoms with Gasteiger partial charge in [-0.2, -0.15) is 26.3 Å². The number of H-pyrrole nitrogens is 1. The van der Waals surface area contributed by atoms with E-state index in [2.05, 4.69) is 9.72 Å². The van der Waals surface area contributed by atoms with Crippen LogP contribution in [0.1, 0.15) is 22.3 Å². The molecule has 1 aromatic heterocycles. The lowest BCUT2D eigenvalue weighted by Crippen LogP contribution is -2.16. The van der Waals surface area contributed by atoms with E-state index in [-0.39, 0.29) is 18.1 Å². The molecule has 35 heavy (non-hydrogen) atoms. The summed E-state index contributed by atoms with van der Waals surface area (Å²) in [4.78, 5) is 2.92. The number of hydrogen-bond acceptors (Lipinski definition) is 1. The summed E-state index contributed by atoms with van der Waals surface area (Å²) >= 11 is 0. The Hall–Kier alpha value is -3.63. The van der Waals surface area contributed by atoms with Crippen molar-refractivity contribution in [1.29, 1.82) is 0 Å². The van der Waals surface area contributed by atoms with Crippen LogP contribution < -0.4 is 4.74 Å². The third kappa shape index (κ3) is 5.72. The molecule has 4 aromatic rings. The van der Waals surface area contributed by atoms with E-state index in [0.717, 1.165) is 12.1 Å². The number of aromatic nitrogens is 1. The molecule has 2 nitrogen and oxygen atoms in total. The van der Waals surface area contributed by atoms with Crippen molar-refractivity contribution in [3.05, 3.63) is 89.1 Å². The number of hydrogen-bond donors (Lipinski definition) is 1. The van der Waals surface area contributed by atoms with Crippen LogP contribution >= 0.6 is 0 Å². The molecule has 0 spiro atoms. The van der Waals surface area contributed by atoms with Gasteiger partial charge in [0.1, 0.15) is 5.75 Å². The second kappa shape index (κ2) is 8.54. The Morgan fingerprint density at radius 2 is 1.23 bits per heavy atom. The average molecular weight is 503 g/mol. The minimum Gasteiger partial charge on any atom is -0.406 e. The minimum absolute atomic E-state index is 0.0724. The van der Waals surface area contributed by atoms with Crippen LogP contribution in [0.3, 0.4) is 0 Å². The standard InChI is InChI=1S/C24H14F9NO/c25-22(26,27)17-8-13(9-18(11-17)23(28,29)30)7-16-12-34-21-6-3-15(10-20(16)21)14-1-4-19(5-2-14)35-24(31,32)33/h1-6,8-12,34H,7H2. The number of fused-ring (bicyclic) bond motifs is 1. The van der Waals surface area contributed by atoms with E-state index in [9.17, 15) is 39.5 Å². The molecule has 0 bridgehead atoms. The molecule has 184 valence electrons. The van der Waals surface area contributed by atoms with Crippen LogP contribution in [0.15, 0.2) is 66.9 Å². The Bertz CT molecular complexity index is 1310. The predicted octanol–water partition coefficient (Wildman–Crippen LogP) is 8.36. The molecule has 0 aliphatic heterocycles. The van der Waals surface area contributed by atoms with E-state index in [1.54, 1.807) is 18.2 Å². The Morgan fingerprint density at radius 1 is 0.657 bits per heavy atom. The van der Waals surface area contributed by atoms with Crippen molar-refractivity contribution in [2.45, 2.75) is 25.1 Å². The lowest BCUT2D eigenvalue weighted by molar-refractivity contribution is -0.274. The molecule has 3 aromatic carbocycles. The summed E-state index contributed by atoms with van der Waals surface area (Å²) in [5.41, 5.74) is -0.820. The van der Waals surface area contributed by atoms with E-state index in [0.29, 0.717) is 39.7 Å². The fourth-order valence-electron chi connectivity index (χ4n) is 3.69. The maximum Gasteiger partial charge on any atom is 0.573 e. The van der Waals surface area contributed by atoms with Gasteiger partial charge in [0.25, 0.3) is 0 Å². The largest absolute Gasteiger partial charge is 0.573 e. The smallest absolute Gasteiger partial charge is 0.406 e. The van der Waals surface area contributed by atoms with Gasteiger partial charge in [-0.1, -0.05) is 18.2 Å². The monoisotopic (exact) mass is 503 g/mol. The van der Waals surface area contributed by atoms with E-state index >= 15 is 0 Å². The number of aromatic amines is 1. The molecule has 1 N–H and O–H groups in total. The highest BCUT2D eigenvalue weighted by Gasteiger charge is 2.37. The number of nitrogens with one attached hydrogen (secondary N) is 1. The molecule has 0 amide bonds. The van der Waals surface area contributed by atoms with Gasteiger partial charge in [-0.15, -0.1) is 13.2 Å². The van der Waals surface area contributed by atoms with E-state index in [1.807, 2.05) is 0 Å². The summed E-state index contributed by atoms with van der Waals surface area (Å²) in [6.07, 6.45) is -13.5. The summed E-state index contributed by atoms with van der Waals surface area (Å²) in [7, 11) is 0. The van der Waals surface area contributed by atoms with Crippen LogP contribution in [0.5, 0.6) is 5.75 Å². The number of rotatable bonds is 4. The lowest BCUT2D eigenvalue weighted by Gasteiger charge is -2.14. The maximum atomic E-state index is 13.2. The first-order valence-corrected chi connectivity index (χ1v) is 9.93. The fraction of sp³-hybridized carbons (Fsp3) is 0.167. The van der Waals surface area contributed by atoms with Crippen molar-refractivity contribution in [3.63, 3.8) is 0 Å². The first-order chi connectivity index (χ1) is 16.2. The van der Waals surface area contributed by atoms with Gasteiger partial charge in [-0.05, 0) is 71.1 Å². The van der Waals surface area contributed by atoms with Crippen LogP contribution in [0.25, 0.3) is 22.0 Å². The summed E-state index contributed by atoms with van der Waals surface area (Å²) in [5.74, 6) is -0.408. The number of benzene rings is 3. The van der Waals surface area contributed by atoms with Gasteiger partial charge >= 0.3 is 18.7 Å². The highest BCUT2D eigenvalue weighted by molar-refractivity contribution is 5.88. The first-order valence-electron chi connectivity index (χ1n) is 9.93. The highest BCUT2D eigenvalue weighted by Crippen LogP contribution is 2.37. The molecule has 0 unspecified atom stereocenters. The molecular formula is C24H14F9NO. The van der Waals surface area contributed by atoms with Gasteiger partial charge in [0.15, 0.2) is 0 Å². The summed E-state index contributed by atoms with van der Waals surface area (Å²) in [6.45, 7) is 0. The van der Waals surface area contributed by atoms with E-state index in [1.165, 1.54) is 18.3 Å². The lowest BCUT2D eigenvalue weighted by atomic mass is 9.97. The molecule has 4 rings (SSSR count). The van der Waals surface area contributed by atoms with Crippen LogP contribution in [0, 0.1) is 0 Å². The van der Waals surface area contributed by atoms with Crippen LogP contribution in [-0.2, 0) is 18.8 Å². The van der Waals surface area contributed by atoms with Crippen LogP contribution in [0.4, 0.5) is 39.5 Å². The molecule has 0 aliphatic rings. The SMILES string of the molecule is FC(F)(F)Oc1ccc(-c2ccc3[nH]cc(Cc4cc(C(F)(F)F)cc(C(F)(F)F)c4)c3c2)cc1. The third-order valence-electron chi connectivity index (χ3n) is 5.23. The van der Waals surface area contributed by atoms with Crippen molar-refractivity contribution < 1.29 is 44.3 Å². The number of halogens is 9. The van der Waals surface area contributed by atoms with E-state index < -0.39 is 35.6 Å². The van der Waals surface area contributed by atoms with Gasteiger partial charge in [-0.3, -0.25) is 0 Å². The zero-order valence-corrected chi connectivity index (χ0v) is 17.4. The maximum absolute atomic E-state index is 13.2. The quantitative estimate of drug-likeness (QED) is 0.278. The molecule has 11 heteroatoms. The zero-order valence-electron chi connectivity index (χ0n) is 17.4. The second-order valence-electron chi connectivity index (χ2n) is 7.74. The Morgan fingerprint density at radius 3 is 1.77 bits per heavy atom. The Labute approximate surface area is 191 Å². The first kappa shape index (κ1) is 24.5. The molecule has 0 saturated heterocycles. The van der Waals surface area contributed by atoms with Crippen molar-refractivity contribution in [3.8, 4) is 16.9 Å². The van der Waals surface area contributed by atoms with Gasteiger partial charge in [-0.25, -0.2) is 0 Å². The summed E-state index contributed by atoms with van der Waals surface area (Å²) < 4.78 is 120. The normalized spacial score (nSPS) is 12.8. The average Bonchev–Trinajstić information content (AvgIpc) is 3.14. The van der Waals surface area contributed by atoms with Gasteiger partial charge in [0.05, 0.1) is 11.1 Å². The molecular weight excluding hydrogens is 489 g/mol. The fourth-order valence-corrected chi connectivity index (χ4v) is 3.69. The van der Waals surface area contributed by atoms with Crippen molar-refractivity contribution in [1.82, 2.24) is 4.98 Å². The molecule has 0 radical (unpaired) electrons. The van der Waals surface area contributed by atoms with Crippen molar-refractivity contribution in [2.75, 3.05) is 0 Å². The van der Waals surface area contributed by atoms with Gasteiger partial charge in [0, 0.05) is 17.1 Å². The molecule has 0 fully saturated rings. The molecule has 0 atom stereocenters. The summed E-state index contributed by atoms with van der Waals surface area (Å²) in [5, 5.41) is 0.545. The zero-order chi connectivity index (χ0) is 25.6. The summed E-state index contributed by atoms with van der Waals surface area (Å²) in [6, 6.07) is 11.5. The Kier molecular flexibility index (Phi) is 5.98. The number of alkyl halides is 9. The molecule has 0 saturated carbocycles. The van der Waals surface area contributed by atoms with Crippen LogP contribution in [0.2, 0.25) is 0 Å². The van der Waals surface area contributed by atoms with Gasteiger partial charge < -0.3 is 9.72 Å². The predicted molar refractivity (Wildman–Crippen MR) is 110 cm³/mol. The highest BCUT2D eigenvalue weighted by atomic mass is 19.4.